The average molecular weight is 292 g/mol. The second kappa shape index (κ2) is 7.43. The summed E-state index contributed by atoms with van der Waals surface area (Å²) < 4.78 is 0. The Hall–Kier alpha value is -1.59. The summed E-state index contributed by atoms with van der Waals surface area (Å²) in [5.41, 5.74) is 0. The number of nitrogens with zero attached hydrogens (tertiary/aromatic N) is 4. The first-order valence-corrected chi connectivity index (χ1v) is 8.17. The minimum absolute atomic E-state index is 0.487. The van der Waals surface area contributed by atoms with Crippen LogP contribution in [-0.4, -0.2) is 40.6 Å². The van der Waals surface area contributed by atoms with Gasteiger partial charge in [0, 0.05) is 25.7 Å². The largest absolute Gasteiger partial charge is 0.354 e. The summed E-state index contributed by atoms with van der Waals surface area (Å²) in [7, 11) is 0. The third-order valence-electron chi connectivity index (χ3n) is 4.03. The maximum absolute atomic E-state index is 4.60. The van der Waals surface area contributed by atoms with E-state index < -0.39 is 0 Å². The molecule has 2 N–H and O–H groups in total. The third kappa shape index (κ3) is 4.19. The van der Waals surface area contributed by atoms with Crippen molar-refractivity contribution in [3.05, 3.63) is 0 Å². The fourth-order valence-corrected chi connectivity index (χ4v) is 2.84. The summed E-state index contributed by atoms with van der Waals surface area (Å²) in [6, 6.07) is 0.487. The van der Waals surface area contributed by atoms with Crippen LogP contribution in [0.15, 0.2) is 0 Å². The van der Waals surface area contributed by atoms with Gasteiger partial charge in [0.05, 0.1) is 0 Å². The van der Waals surface area contributed by atoms with E-state index in [1.165, 1.54) is 19.3 Å². The maximum Gasteiger partial charge on any atom is 0.231 e. The molecule has 0 aliphatic heterocycles. The molecule has 1 aliphatic rings. The van der Waals surface area contributed by atoms with Gasteiger partial charge in [-0.1, -0.05) is 6.92 Å². The summed E-state index contributed by atoms with van der Waals surface area (Å²) in [5.74, 6) is 2.89. The van der Waals surface area contributed by atoms with Gasteiger partial charge in [-0.3, -0.25) is 0 Å². The average Bonchev–Trinajstić information content (AvgIpc) is 2.86. The Morgan fingerprint density at radius 1 is 1.05 bits per heavy atom. The molecule has 6 nitrogen and oxygen atoms in total. The Morgan fingerprint density at radius 3 is 2.33 bits per heavy atom. The van der Waals surface area contributed by atoms with Gasteiger partial charge in [0.2, 0.25) is 17.8 Å². The van der Waals surface area contributed by atoms with Crippen molar-refractivity contribution in [2.24, 2.45) is 5.92 Å². The monoisotopic (exact) mass is 292 g/mol. The molecule has 1 aromatic heterocycles. The number of hydrogen-bond donors (Lipinski definition) is 2. The molecule has 0 saturated heterocycles. The van der Waals surface area contributed by atoms with Gasteiger partial charge < -0.3 is 15.5 Å². The molecule has 1 heterocycles. The Morgan fingerprint density at radius 2 is 1.76 bits per heavy atom. The number of rotatable bonds is 7. The van der Waals surface area contributed by atoms with Crippen LogP contribution >= 0.6 is 0 Å². The van der Waals surface area contributed by atoms with Crippen LogP contribution in [-0.2, 0) is 0 Å². The summed E-state index contributed by atoms with van der Waals surface area (Å²) in [5, 5.41) is 6.68. The highest BCUT2D eigenvalue weighted by molar-refractivity contribution is 5.44. The highest BCUT2D eigenvalue weighted by Gasteiger charge is 2.22. The minimum atomic E-state index is 0.487. The number of hydrogen-bond acceptors (Lipinski definition) is 6. The van der Waals surface area contributed by atoms with E-state index in [2.05, 4.69) is 51.3 Å². The van der Waals surface area contributed by atoms with E-state index in [0.29, 0.717) is 17.9 Å². The van der Waals surface area contributed by atoms with Crippen LogP contribution < -0.4 is 15.5 Å². The van der Waals surface area contributed by atoms with Gasteiger partial charge in [-0.05, 0) is 46.0 Å². The second-order valence-electron chi connectivity index (χ2n) is 5.74. The number of aromatic nitrogens is 3. The van der Waals surface area contributed by atoms with Crippen LogP contribution in [0, 0.1) is 5.92 Å². The van der Waals surface area contributed by atoms with Gasteiger partial charge in [0.15, 0.2) is 0 Å². The lowest BCUT2D eigenvalue weighted by Gasteiger charge is -2.20. The van der Waals surface area contributed by atoms with E-state index in [4.69, 9.17) is 0 Å². The highest BCUT2D eigenvalue weighted by atomic mass is 15.3. The Bertz CT molecular complexity index is 446. The van der Waals surface area contributed by atoms with Crippen molar-refractivity contribution < 1.29 is 0 Å². The van der Waals surface area contributed by atoms with Crippen molar-refractivity contribution in [3.8, 4) is 0 Å². The van der Waals surface area contributed by atoms with Crippen LogP contribution in [0.2, 0.25) is 0 Å². The quantitative estimate of drug-likeness (QED) is 0.805. The summed E-state index contributed by atoms with van der Waals surface area (Å²) in [4.78, 5) is 15.7. The molecule has 0 radical (unpaired) electrons. The molecule has 0 amide bonds. The van der Waals surface area contributed by atoms with E-state index in [1.54, 1.807) is 0 Å². The van der Waals surface area contributed by atoms with Crippen molar-refractivity contribution >= 4 is 17.8 Å². The lowest BCUT2D eigenvalue weighted by atomic mass is 10.1. The Kier molecular flexibility index (Phi) is 5.59. The van der Waals surface area contributed by atoms with E-state index in [0.717, 1.165) is 31.5 Å². The third-order valence-corrected chi connectivity index (χ3v) is 4.03. The molecule has 1 aliphatic carbocycles. The van der Waals surface area contributed by atoms with Gasteiger partial charge in [-0.2, -0.15) is 15.0 Å². The van der Waals surface area contributed by atoms with Crippen molar-refractivity contribution in [1.29, 1.82) is 0 Å². The molecule has 118 valence electrons. The molecule has 0 spiro atoms. The molecule has 0 aromatic carbocycles. The molecule has 1 aromatic rings. The Labute approximate surface area is 127 Å². The van der Waals surface area contributed by atoms with E-state index in [-0.39, 0.29) is 0 Å². The molecule has 6 heteroatoms. The smallest absolute Gasteiger partial charge is 0.231 e. The van der Waals surface area contributed by atoms with Gasteiger partial charge >= 0.3 is 0 Å². The first-order chi connectivity index (χ1) is 10.2. The predicted molar refractivity (Wildman–Crippen MR) is 88.0 cm³/mol. The summed E-state index contributed by atoms with van der Waals surface area (Å²) in [6.45, 7) is 11.2. The molecular weight excluding hydrogens is 264 g/mol. The van der Waals surface area contributed by atoms with E-state index >= 15 is 0 Å². The molecular formula is C15H28N6. The number of anilines is 3. The molecule has 21 heavy (non-hydrogen) atoms. The van der Waals surface area contributed by atoms with Gasteiger partial charge in [-0.25, -0.2) is 0 Å². The molecule has 2 rings (SSSR count). The highest BCUT2D eigenvalue weighted by Crippen LogP contribution is 2.27. The topological polar surface area (TPSA) is 66.0 Å². The minimum Gasteiger partial charge on any atom is -0.354 e. The van der Waals surface area contributed by atoms with Gasteiger partial charge in [0.1, 0.15) is 0 Å². The zero-order valence-electron chi connectivity index (χ0n) is 13.7. The molecule has 2 atom stereocenters. The van der Waals surface area contributed by atoms with Gasteiger partial charge in [-0.15, -0.1) is 0 Å². The molecule has 2 unspecified atom stereocenters. The zero-order chi connectivity index (χ0) is 15.2. The summed E-state index contributed by atoms with van der Waals surface area (Å²) in [6.07, 6.45) is 3.68. The van der Waals surface area contributed by atoms with E-state index in [1.807, 2.05) is 6.92 Å². The lowest BCUT2D eigenvalue weighted by molar-refractivity contribution is 0.601. The molecule has 1 fully saturated rings. The van der Waals surface area contributed by atoms with Crippen LogP contribution in [0.1, 0.15) is 47.0 Å². The Balaban J connectivity index is 2.18. The fourth-order valence-electron chi connectivity index (χ4n) is 2.84. The fraction of sp³-hybridized carbons (Fsp3) is 0.800. The molecule has 0 bridgehead atoms. The normalized spacial score (nSPS) is 21.3. The molecule has 1 saturated carbocycles. The van der Waals surface area contributed by atoms with Crippen molar-refractivity contribution in [2.75, 3.05) is 35.2 Å². The summed E-state index contributed by atoms with van der Waals surface area (Å²) >= 11 is 0. The van der Waals surface area contributed by atoms with Crippen LogP contribution in [0.3, 0.4) is 0 Å². The zero-order valence-corrected chi connectivity index (χ0v) is 13.7. The van der Waals surface area contributed by atoms with Crippen LogP contribution in [0.5, 0.6) is 0 Å². The van der Waals surface area contributed by atoms with Crippen molar-refractivity contribution in [2.45, 2.75) is 53.0 Å². The predicted octanol–water partition coefficient (Wildman–Crippen LogP) is 2.75. The second-order valence-corrected chi connectivity index (χ2v) is 5.74. The van der Waals surface area contributed by atoms with Crippen LogP contribution in [0.4, 0.5) is 17.8 Å². The van der Waals surface area contributed by atoms with Crippen LogP contribution in [0.25, 0.3) is 0 Å². The first-order valence-electron chi connectivity index (χ1n) is 8.17. The first kappa shape index (κ1) is 15.8. The standard InChI is InChI=1S/C15H28N6/c1-5-16-13-18-14(17-12-9-8-11(4)10-12)20-15(19-13)21(6-2)7-3/h11-12H,5-10H2,1-4H3,(H2,16,17,18,19,20). The maximum atomic E-state index is 4.60. The van der Waals surface area contributed by atoms with E-state index in [9.17, 15) is 0 Å². The van der Waals surface area contributed by atoms with Gasteiger partial charge in [0.25, 0.3) is 0 Å². The van der Waals surface area contributed by atoms with Crippen molar-refractivity contribution in [3.63, 3.8) is 0 Å². The lowest BCUT2D eigenvalue weighted by Crippen LogP contribution is -2.26. The number of nitrogens with one attached hydrogen (secondary N) is 2. The van der Waals surface area contributed by atoms with Crippen molar-refractivity contribution in [1.82, 2.24) is 15.0 Å². The SMILES string of the molecule is CCNc1nc(NC2CCC(C)C2)nc(N(CC)CC)n1.